The van der Waals surface area contributed by atoms with Gasteiger partial charge in [-0.3, -0.25) is 9.59 Å². The Hall–Kier alpha value is -2.06. The van der Waals surface area contributed by atoms with Crippen LogP contribution in [-0.4, -0.2) is 47.3 Å². The number of ketones is 2. The fraction of sp³-hybridized carbons (Fsp3) is 0.643. The molecule has 4 aliphatic carbocycles. The molecule has 4 aliphatic rings. The van der Waals surface area contributed by atoms with Crippen LogP contribution in [0.5, 0.6) is 0 Å². The average Bonchev–Trinajstić information content (AvgIpc) is 3.36. The molecule has 8 atom stereocenters. The first kappa shape index (κ1) is 26.5. The second-order valence-electron chi connectivity index (χ2n) is 11.7. The molecule has 0 radical (unpaired) electrons. The van der Waals surface area contributed by atoms with E-state index < -0.39 is 57.0 Å². The lowest BCUT2D eigenvalue weighted by atomic mass is 9.45. The van der Waals surface area contributed by atoms with Crippen LogP contribution in [0.15, 0.2) is 23.1 Å². The molecular formula is C28H32ClFO6S. The van der Waals surface area contributed by atoms with E-state index in [4.69, 9.17) is 21.1 Å². The zero-order chi connectivity index (χ0) is 27.1. The van der Waals surface area contributed by atoms with Crippen molar-refractivity contribution >= 4 is 46.4 Å². The third-order valence-corrected chi connectivity index (χ3v) is 12.1. The van der Waals surface area contributed by atoms with Gasteiger partial charge in [-0.15, -0.1) is 22.9 Å². The van der Waals surface area contributed by atoms with Crippen molar-refractivity contribution in [2.75, 3.05) is 7.11 Å². The predicted octanol–water partition coefficient (Wildman–Crippen LogP) is 5.39. The number of thiophene rings is 1. The SMILES string of the molecule is COC(=O)[C@@]1(OC(=O)c2sccc2C)[C@H](C)CC2C3C[C@H](F)C4=CC(=O)CC(=O)[C@@]4(C)[C@@]3(Cl)CC[C@@]21C. The molecule has 5 rings (SSSR count). The molecule has 1 heterocycles. The quantitative estimate of drug-likeness (QED) is 0.285. The normalized spacial score (nSPS) is 42.8. The minimum Gasteiger partial charge on any atom is -0.466 e. The smallest absolute Gasteiger partial charge is 0.351 e. The van der Waals surface area contributed by atoms with E-state index >= 15 is 4.39 Å². The first-order chi connectivity index (χ1) is 17.3. The number of ether oxygens (including phenoxy) is 2. The van der Waals surface area contributed by atoms with Gasteiger partial charge in [-0.25, -0.2) is 14.0 Å². The van der Waals surface area contributed by atoms with Crippen molar-refractivity contribution in [3.8, 4) is 0 Å². The number of aryl methyl sites for hydroxylation is 1. The summed E-state index contributed by atoms with van der Waals surface area (Å²) in [5, 5.41) is 1.79. The Labute approximate surface area is 224 Å². The maximum absolute atomic E-state index is 15.8. The number of rotatable bonds is 3. The van der Waals surface area contributed by atoms with Gasteiger partial charge in [-0.1, -0.05) is 13.8 Å². The summed E-state index contributed by atoms with van der Waals surface area (Å²) in [5.74, 6) is -3.18. The number of alkyl halides is 2. The van der Waals surface area contributed by atoms with E-state index in [0.29, 0.717) is 24.1 Å². The molecule has 1 aromatic rings. The molecule has 9 heteroatoms. The van der Waals surface area contributed by atoms with Crippen LogP contribution in [0.3, 0.4) is 0 Å². The molecule has 0 aliphatic heterocycles. The zero-order valence-electron chi connectivity index (χ0n) is 21.7. The van der Waals surface area contributed by atoms with Crippen molar-refractivity contribution in [2.24, 2.45) is 28.6 Å². The maximum atomic E-state index is 15.8. The topological polar surface area (TPSA) is 86.7 Å². The van der Waals surface area contributed by atoms with Gasteiger partial charge in [0.1, 0.15) is 11.0 Å². The molecule has 3 saturated carbocycles. The summed E-state index contributed by atoms with van der Waals surface area (Å²) in [6, 6.07) is 1.82. The number of halogens is 2. The fourth-order valence-electron chi connectivity index (χ4n) is 8.25. The Morgan fingerprint density at radius 3 is 2.49 bits per heavy atom. The van der Waals surface area contributed by atoms with Crippen LogP contribution >= 0.6 is 22.9 Å². The van der Waals surface area contributed by atoms with Crippen molar-refractivity contribution in [1.82, 2.24) is 0 Å². The number of hydrogen-bond acceptors (Lipinski definition) is 7. The van der Waals surface area contributed by atoms with Crippen LogP contribution in [0.1, 0.15) is 68.1 Å². The minimum absolute atomic E-state index is 0.0354. The van der Waals surface area contributed by atoms with Gasteiger partial charge >= 0.3 is 11.9 Å². The van der Waals surface area contributed by atoms with E-state index in [0.717, 1.165) is 5.56 Å². The summed E-state index contributed by atoms with van der Waals surface area (Å²) < 4.78 is 27.3. The van der Waals surface area contributed by atoms with Crippen LogP contribution in [0.25, 0.3) is 0 Å². The number of methoxy groups -OCH3 is 1. The molecule has 0 saturated heterocycles. The molecule has 0 N–H and O–H groups in total. The predicted molar refractivity (Wildman–Crippen MR) is 136 cm³/mol. The number of Topliss-reactive ketones (excluding diaryl/α,β-unsaturated/α-hetero) is 1. The molecule has 200 valence electrons. The molecule has 0 amide bonds. The summed E-state index contributed by atoms with van der Waals surface area (Å²) in [7, 11) is 1.28. The van der Waals surface area contributed by atoms with Crippen LogP contribution < -0.4 is 0 Å². The fourth-order valence-corrected chi connectivity index (χ4v) is 9.60. The van der Waals surface area contributed by atoms with Crippen molar-refractivity contribution < 1.29 is 33.0 Å². The largest absolute Gasteiger partial charge is 0.466 e. The Morgan fingerprint density at radius 2 is 1.86 bits per heavy atom. The van der Waals surface area contributed by atoms with Crippen LogP contribution in [-0.2, 0) is 23.9 Å². The van der Waals surface area contributed by atoms with Crippen molar-refractivity contribution in [3.63, 3.8) is 0 Å². The van der Waals surface area contributed by atoms with Crippen molar-refractivity contribution in [2.45, 2.75) is 76.4 Å². The number of allylic oxidation sites excluding steroid dienone is 1. The van der Waals surface area contributed by atoms with E-state index in [1.54, 1.807) is 12.3 Å². The highest BCUT2D eigenvalue weighted by atomic mass is 35.5. The van der Waals surface area contributed by atoms with Gasteiger partial charge < -0.3 is 9.47 Å². The zero-order valence-corrected chi connectivity index (χ0v) is 23.3. The Morgan fingerprint density at radius 1 is 1.16 bits per heavy atom. The highest BCUT2D eigenvalue weighted by Gasteiger charge is 2.77. The number of hydrogen-bond donors (Lipinski definition) is 0. The van der Waals surface area contributed by atoms with Gasteiger partial charge in [0.05, 0.1) is 23.8 Å². The standard InChI is InChI=1S/C28H32ClFO6S/c1-14-6-9-37-22(14)23(33)36-28(24(34)35-5)15(2)10-17-18-13-20(30)19-11-16(31)12-21(32)26(19,4)27(18,29)8-7-25(17,28)3/h6,9,11,15,17-18,20H,7-8,10,12-13H2,1-5H3/t15-,17?,18?,20+,25+,26+,27-,28+/m1/s1. The van der Waals surface area contributed by atoms with Crippen LogP contribution in [0, 0.1) is 35.5 Å². The minimum atomic E-state index is -1.59. The average molecular weight is 551 g/mol. The van der Waals surface area contributed by atoms with E-state index in [1.807, 2.05) is 26.8 Å². The molecule has 0 spiro atoms. The molecule has 0 bridgehead atoms. The van der Waals surface area contributed by atoms with Gasteiger partial charge in [-0.2, -0.15) is 0 Å². The number of carbonyl (C=O) groups excluding carboxylic acids is 4. The molecule has 37 heavy (non-hydrogen) atoms. The molecule has 6 nitrogen and oxygen atoms in total. The summed E-state index contributed by atoms with van der Waals surface area (Å²) >= 11 is 8.68. The van der Waals surface area contributed by atoms with Gasteiger partial charge in [-0.05, 0) is 80.0 Å². The second kappa shape index (κ2) is 8.47. The second-order valence-corrected chi connectivity index (χ2v) is 13.3. The lowest BCUT2D eigenvalue weighted by Crippen LogP contribution is -2.67. The first-order valence-corrected chi connectivity index (χ1v) is 14.0. The summed E-state index contributed by atoms with van der Waals surface area (Å²) in [5.41, 5.74) is -2.87. The van der Waals surface area contributed by atoms with Crippen LogP contribution in [0.2, 0.25) is 0 Å². The summed E-state index contributed by atoms with van der Waals surface area (Å²) in [6.45, 7) is 7.26. The lowest BCUT2D eigenvalue weighted by Gasteiger charge is -2.62. The maximum Gasteiger partial charge on any atom is 0.351 e. The third-order valence-electron chi connectivity index (χ3n) is 10.3. The van der Waals surface area contributed by atoms with E-state index in [1.165, 1.54) is 24.5 Å². The van der Waals surface area contributed by atoms with Crippen LogP contribution in [0.4, 0.5) is 4.39 Å². The highest BCUT2D eigenvalue weighted by Crippen LogP contribution is 2.72. The van der Waals surface area contributed by atoms with Gasteiger partial charge in [0.15, 0.2) is 11.6 Å². The number of esters is 2. The molecule has 2 unspecified atom stereocenters. The molecule has 0 aromatic carbocycles. The monoisotopic (exact) mass is 550 g/mol. The number of fused-ring (bicyclic) bond motifs is 5. The van der Waals surface area contributed by atoms with E-state index in [-0.39, 0.29) is 30.1 Å². The number of carbonyl (C=O) groups is 4. The van der Waals surface area contributed by atoms with E-state index in [2.05, 4.69) is 0 Å². The Kier molecular flexibility index (Phi) is 6.08. The summed E-state index contributed by atoms with van der Waals surface area (Å²) in [4.78, 5) is 51.8. The molecular weight excluding hydrogens is 519 g/mol. The Balaban J connectivity index is 1.61. The highest BCUT2D eigenvalue weighted by molar-refractivity contribution is 7.12. The third kappa shape index (κ3) is 3.20. The van der Waals surface area contributed by atoms with Crippen molar-refractivity contribution in [3.05, 3.63) is 33.5 Å². The van der Waals surface area contributed by atoms with E-state index in [9.17, 15) is 19.2 Å². The lowest BCUT2D eigenvalue weighted by molar-refractivity contribution is -0.191. The van der Waals surface area contributed by atoms with Gasteiger partial charge in [0.25, 0.3) is 0 Å². The summed E-state index contributed by atoms with van der Waals surface area (Å²) in [6.07, 6.45) is 0.640. The molecule has 1 aromatic heterocycles. The molecule has 3 fully saturated rings. The first-order valence-electron chi connectivity index (χ1n) is 12.7. The van der Waals surface area contributed by atoms with Gasteiger partial charge in [0, 0.05) is 11.3 Å². The van der Waals surface area contributed by atoms with Gasteiger partial charge in [0.2, 0.25) is 5.60 Å². The Bertz CT molecular complexity index is 1240. The van der Waals surface area contributed by atoms with Crippen molar-refractivity contribution in [1.29, 1.82) is 0 Å².